The predicted molar refractivity (Wildman–Crippen MR) is 62.3 cm³/mol. The van der Waals surface area contributed by atoms with Crippen molar-refractivity contribution in [1.82, 2.24) is 4.98 Å². The van der Waals surface area contributed by atoms with E-state index in [4.69, 9.17) is 5.84 Å². The van der Waals surface area contributed by atoms with Gasteiger partial charge < -0.3 is 10.7 Å². The standard InChI is InChI=1S/C11H16F2N4/c1-6(7-2-3-7)5-15-10-8(12)4-9(13)11(16-10)17-14/h4,6-7H,2-3,5,14H2,1H3,(H2,15,16,17). The number of nitrogens with one attached hydrogen (secondary N) is 2. The Kier molecular flexibility index (Phi) is 3.42. The molecule has 0 saturated heterocycles. The van der Waals surface area contributed by atoms with Crippen molar-refractivity contribution < 1.29 is 8.78 Å². The fraction of sp³-hybridized carbons (Fsp3) is 0.545. The third kappa shape index (κ3) is 2.82. The van der Waals surface area contributed by atoms with Crippen LogP contribution in [0.3, 0.4) is 0 Å². The number of aromatic nitrogens is 1. The molecule has 1 fully saturated rings. The fourth-order valence-electron chi connectivity index (χ4n) is 1.78. The number of hydrogen-bond acceptors (Lipinski definition) is 4. The van der Waals surface area contributed by atoms with E-state index in [0.717, 1.165) is 12.0 Å². The molecule has 4 N–H and O–H groups in total. The van der Waals surface area contributed by atoms with Crippen LogP contribution in [-0.4, -0.2) is 11.5 Å². The Morgan fingerprint density at radius 3 is 2.65 bits per heavy atom. The van der Waals surface area contributed by atoms with Gasteiger partial charge in [0.05, 0.1) is 0 Å². The molecule has 1 atom stereocenters. The number of rotatable bonds is 5. The van der Waals surface area contributed by atoms with Gasteiger partial charge in [-0.25, -0.2) is 19.6 Å². The van der Waals surface area contributed by atoms with E-state index < -0.39 is 11.6 Å². The Balaban J connectivity index is 2.03. The van der Waals surface area contributed by atoms with E-state index in [1.807, 2.05) is 0 Å². The lowest BCUT2D eigenvalue weighted by atomic mass is 10.1. The SMILES string of the molecule is CC(CNc1nc(NN)c(F)cc1F)C1CC1. The van der Waals surface area contributed by atoms with E-state index in [0.29, 0.717) is 12.5 Å². The summed E-state index contributed by atoms with van der Waals surface area (Å²) < 4.78 is 26.5. The van der Waals surface area contributed by atoms with Crippen molar-refractivity contribution in [3.63, 3.8) is 0 Å². The van der Waals surface area contributed by atoms with Gasteiger partial charge in [0.25, 0.3) is 0 Å². The molecule has 2 rings (SSSR count). The van der Waals surface area contributed by atoms with Crippen molar-refractivity contribution in [2.75, 3.05) is 17.3 Å². The predicted octanol–water partition coefficient (Wildman–Crippen LogP) is 2.10. The van der Waals surface area contributed by atoms with E-state index in [1.54, 1.807) is 0 Å². The molecule has 1 unspecified atom stereocenters. The van der Waals surface area contributed by atoms with Crippen LogP contribution in [0.5, 0.6) is 0 Å². The van der Waals surface area contributed by atoms with Crippen LogP contribution in [0.1, 0.15) is 19.8 Å². The van der Waals surface area contributed by atoms with Gasteiger partial charge in [0.15, 0.2) is 23.3 Å². The van der Waals surface area contributed by atoms with Crippen LogP contribution in [0.25, 0.3) is 0 Å². The molecule has 6 heteroatoms. The molecule has 0 aliphatic heterocycles. The fourth-order valence-corrected chi connectivity index (χ4v) is 1.78. The maximum absolute atomic E-state index is 13.4. The molecule has 1 aliphatic rings. The number of pyridine rings is 1. The van der Waals surface area contributed by atoms with E-state index in [1.165, 1.54) is 12.8 Å². The summed E-state index contributed by atoms with van der Waals surface area (Å²) in [5, 5.41) is 2.89. The molecule has 1 saturated carbocycles. The normalized spacial score (nSPS) is 16.7. The smallest absolute Gasteiger partial charge is 0.178 e. The zero-order chi connectivity index (χ0) is 12.4. The molecular weight excluding hydrogens is 226 g/mol. The van der Waals surface area contributed by atoms with Gasteiger partial charge >= 0.3 is 0 Å². The number of anilines is 2. The number of nitrogen functional groups attached to an aromatic ring is 1. The molecular formula is C11H16F2N4. The lowest BCUT2D eigenvalue weighted by Crippen LogP contribution is -2.17. The van der Waals surface area contributed by atoms with E-state index in [-0.39, 0.29) is 11.6 Å². The summed E-state index contributed by atoms with van der Waals surface area (Å²) in [6.45, 7) is 2.73. The van der Waals surface area contributed by atoms with Gasteiger partial charge in [-0.1, -0.05) is 6.92 Å². The molecule has 1 heterocycles. The van der Waals surface area contributed by atoms with Crippen molar-refractivity contribution in [3.8, 4) is 0 Å². The third-order valence-electron chi connectivity index (χ3n) is 3.08. The topological polar surface area (TPSA) is 63.0 Å². The first-order valence-corrected chi connectivity index (χ1v) is 5.68. The molecule has 94 valence electrons. The highest BCUT2D eigenvalue weighted by Crippen LogP contribution is 2.36. The second-order valence-electron chi connectivity index (χ2n) is 4.49. The summed E-state index contributed by atoms with van der Waals surface area (Å²) in [5.74, 6) is 4.64. The zero-order valence-electron chi connectivity index (χ0n) is 9.63. The van der Waals surface area contributed by atoms with Gasteiger partial charge in [0, 0.05) is 12.6 Å². The number of halogens is 2. The highest BCUT2D eigenvalue weighted by molar-refractivity contribution is 5.46. The molecule has 1 aromatic rings. The quantitative estimate of drug-likeness (QED) is 0.546. The van der Waals surface area contributed by atoms with Crippen LogP contribution in [0, 0.1) is 23.5 Å². The highest BCUT2D eigenvalue weighted by atomic mass is 19.1. The molecule has 0 amide bonds. The molecule has 0 aromatic carbocycles. The van der Waals surface area contributed by atoms with Gasteiger partial charge in [0.1, 0.15) is 0 Å². The van der Waals surface area contributed by atoms with Gasteiger partial charge in [0.2, 0.25) is 0 Å². The van der Waals surface area contributed by atoms with Crippen LogP contribution >= 0.6 is 0 Å². The summed E-state index contributed by atoms with van der Waals surface area (Å²) in [7, 11) is 0. The molecule has 1 aromatic heterocycles. The first kappa shape index (κ1) is 12.0. The van der Waals surface area contributed by atoms with Crippen molar-refractivity contribution in [2.45, 2.75) is 19.8 Å². The average molecular weight is 242 g/mol. The minimum atomic E-state index is -0.800. The third-order valence-corrected chi connectivity index (χ3v) is 3.08. The second-order valence-corrected chi connectivity index (χ2v) is 4.49. The minimum Gasteiger partial charge on any atom is -0.367 e. The first-order chi connectivity index (χ1) is 8.11. The molecule has 0 bridgehead atoms. The molecule has 1 aliphatic carbocycles. The van der Waals surface area contributed by atoms with E-state index in [2.05, 4.69) is 22.7 Å². The monoisotopic (exact) mass is 242 g/mol. The number of hydrogen-bond donors (Lipinski definition) is 3. The summed E-state index contributed by atoms with van der Waals surface area (Å²) >= 11 is 0. The highest BCUT2D eigenvalue weighted by Gasteiger charge is 2.27. The van der Waals surface area contributed by atoms with Crippen LogP contribution in [0.2, 0.25) is 0 Å². The number of nitrogens with two attached hydrogens (primary N) is 1. The van der Waals surface area contributed by atoms with Gasteiger partial charge in [-0.3, -0.25) is 0 Å². The molecule has 17 heavy (non-hydrogen) atoms. The van der Waals surface area contributed by atoms with Crippen molar-refractivity contribution in [1.29, 1.82) is 0 Å². The van der Waals surface area contributed by atoms with Crippen LogP contribution in [-0.2, 0) is 0 Å². The summed E-state index contributed by atoms with van der Waals surface area (Å²) in [5.41, 5.74) is 2.09. The van der Waals surface area contributed by atoms with E-state index >= 15 is 0 Å². The minimum absolute atomic E-state index is 0.0341. The maximum Gasteiger partial charge on any atom is 0.178 e. The summed E-state index contributed by atoms with van der Waals surface area (Å²) in [6.07, 6.45) is 2.47. The van der Waals surface area contributed by atoms with Crippen molar-refractivity contribution >= 4 is 11.6 Å². The lowest BCUT2D eigenvalue weighted by molar-refractivity contribution is 0.530. The summed E-state index contributed by atoms with van der Waals surface area (Å²) in [6, 6.07) is 0.770. The van der Waals surface area contributed by atoms with Crippen molar-refractivity contribution in [2.24, 2.45) is 17.7 Å². The Bertz CT molecular complexity index is 407. The van der Waals surface area contributed by atoms with E-state index in [9.17, 15) is 8.78 Å². The van der Waals surface area contributed by atoms with Gasteiger partial charge in [-0.2, -0.15) is 0 Å². The van der Waals surface area contributed by atoms with Gasteiger partial charge in [-0.15, -0.1) is 0 Å². The second kappa shape index (κ2) is 4.83. The summed E-state index contributed by atoms with van der Waals surface area (Å²) in [4.78, 5) is 3.74. The van der Waals surface area contributed by atoms with Gasteiger partial charge in [-0.05, 0) is 24.7 Å². The zero-order valence-corrected chi connectivity index (χ0v) is 9.63. The van der Waals surface area contributed by atoms with Crippen LogP contribution < -0.4 is 16.6 Å². The van der Waals surface area contributed by atoms with Crippen LogP contribution in [0.15, 0.2) is 6.07 Å². The van der Waals surface area contributed by atoms with Crippen molar-refractivity contribution in [3.05, 3.63) is 17.7 Å². The number of nitrogens with zero attached hydrogens (tertiary/aromatic N) is 1. The molecule has 0 spiro atoms. The Labute approximate surface area is 98.6 Å². The number of hydrazine groups is 1. The Morgan fingerprint density at radius 1 is 1.41 bits per heavy atom. The lowest BCUT2D eigenvalue weighted by Gasteiger charge is -2.13. The molecule has 0 radical (unpaired) electrons. The first-order valence-electron chi connectivity index (χ1n) is 5.68. The molecule has 4 nitrogen and oxygen atoms in total. The maximum atomic E-state index is 13.4. The Hall–Kier alpha value is -1.43. The van der Waals surface area contributed by atoms with Crippen LogP contribution in [0.4, 0.5) is 20.4 Å². The average Bonchev–Trinajstić information content (AvgIpc) is 3.11. The largest absolute Gasteiger partial charge is 0.367 e. The Morgan fingerprint density at radius 2 is 2.06 bits per heavy atom.